The highest BCUT2D eigenvalue weighted by Gasteiger charge is 2.26. The van der Waals surface area contributed by atoms with Gasteiger partial charge in [0.15, 0.2) is 0 Å². The van der Waals surface area contributed by atoms with Crippen LogP contribution in [0.5, 0.6) is 0 Å². The fourth-order valence-electron chi connectivity index (χ4n) is 4.54. The summed E-state index contributed by atoms with van der Waals surface area (Å²) in [7, 11) is 2.13. The third-order valence-electron chi connectivity index (χ3n) is 5.85. The Morgan fingerprint density at radius 2 is 1.64 bits per heavy atom. The lowest BCUT2D eigenvalue weighted by Gasteiger charge is -2.29. The zero-order chi connectivity index (χ0) is 18.8. The van der Waals surface area contributed by atoms with E-state index in [0.717, 1.165) is 17.1 Å². The Morgan fingerprint density at radius 1 is 0.857 bits per heavy atom. The number of benzene rings is 3. The van der Waals surface area contributed by atoms with Crippen molar-refractivity contribution in [1.29, 1.82) is 0 Å². The lowest BCUT2D eigenvalue weighted by atomic mass is 10.0. The van der Waals surface area contributed by atoms with Crippen LogP contribution in [0.1, 0.15) is 17.4 Å². The van der Waals surface area contributed by atoms with E-state index in [1.54, 1.807) is 0 Å². The molecule has 1 unspecified atom stereocenters. The Morgan fingerprint density at radius 3 is 2.57 bits per heavy atom. The van der Waals surface area contributed by atoms with Crippen LogP contribution in [0.25, 0.3) is 33.1 Å². The number of rotatable bonds is 1. The summed E-state index contributed by atoms with van der Waals surface area (Å²) in [5, 5.41) is 11.1. The van der Waals surface area contributed by atoms with Crippen LogP contribution in [0.15, 0.2) is 72.8 Å². The first-order valence-corrected chi connectivity index (χ1v) is 9.60. The van der Waals surface area contributed by atoms with Crippen molar-refractivity contribution in [2.75, 3.05) is 5.32 Å². The summed E-state index contributed by atoms with van der Waals surface area (Å²) in [4.78, 5) is 0. The Balaban J connectivity index is 1.59. The molecule has 28 heavy (non-hydrogen) atoms. The number of hydrogen-bond donors (Lipinski definition) is 1. The second kappa shape index (κ2) is 5.49. The smallest absolute Gasteiger partial charge is 0.147 e. The highest BCUT2D eigenvalue weighted by atomic mass is 15.4. The molecule has 3 aromatic carbocycles. The van der Waals surface area contributed by atoms with Crippen LogP contribution >= 0.6 is 0 Å². The maximum absolute atomic E-state index is 4.80. The van der Waals surface area contributed by atoms with Gasteiger partial charge in [-0.25, -0.2) is 4.68 Å². The standard InChI is InChI=1S/C24H20N4/c1-15-13-23-18-8-3-5-9-20(18)25-24(28(23)26-15)16-11-12-22-19(14-16)17-7-4-6-10-21(17)27(22)2/h3-14,24-25H,1-2H3. The van der Waals surface area contributed by atoms with Gasteiger partial charge in [0.2, 0.25) is 0 Å². The number of hydrogen-bond acceptors (Lipinski definition) is 2. The highest BCUT2D eigenvalue weighted by Crippen LogP contribution is 2.39. The van der Waals surface area contributed by atoms with Gasteiger partial charge in [-0.2, -0.15) is 5.10 Å². The minimum atomic E-state index is -0.0260. The molecule has 4 nitrogen and oxygen atoms in total. The molecule has 1 N–H and O–H groups in total. The van der Waals surface area contributed by atoms with Gasteiger partial charge in [-0.3, -0.25) is 0 Å². The number of anilines is 1. The van der Waals surface area contributed by atoms with Gasteiger partial charge in [0.1, 0.15) is 6.17 Å². The van der Waals surface area contributed by atoms with E-state index in [2.05, 4.69) is 101 Å². The molecule has 1 aliphatic rings. The van der Waals surface area contributed by atoms with Crippen LogP contribution in [-0.2, 0) is 7.05 Å². The minimum Gasteiger partial charge on any atom is -0.359 e. The number of para-hydroxylation sites is 2. The van der Waals surface area contributed by atoms with Crippen molar-refractivity contribution >= 4 is 27.5 Å². The van der Waals surface area contributed by atoms with Crippen molar-refractivity contribution < 1.29 is 0 Å². The Labute approximate surface area is 163 Å². The predicted octanol–water partition coefficient (Wildman–Crippen LogP) is 5.48. The molecule has 0 radical (unpaired) electrons. The predicted molar refractivity (Wildman–Crippen MR) is 115 cm³/mol. The lowest BCUT2D eigenvalue weighted by Crippen LogP contribution is -2.25. The maximum Gasteiger partial charge on any atom is 0.147 e. The van der Waals surface area contributed by atoms with Crippen LogP contribution in [-0.4, -0.2) is 14.3 Å². The molecular formula is C24H20N4. The van der Waals surface area contributed by atoms with Gasteiger partial charge >= 0.3 is 0 Å². The SMILES string of the molecule is Cc1cc2n(n1)C(c1ccc3c(c1)c1ccccc1n3C)Nc1ccccc1-2. The van der Waals surface area contributed by atoms with E-state index in [0.29, 0.717) is 0 Å². The summed E-state index contributed by atoms with van der Waals surface area (Å²) in [5.74, 6) is 0. The molecule has 136 valence electrons. The number of nitrogens with zero attached hydrogens (tertiary/aromatic N) is 3. The van der Waals surface area contributed by atoms with E-state index in [9.17, 15) is 0 Å². The maximum atomic E-state index is 4.80. The first-order valence-electron chi connectivity index (χ1n) is 9.60. The summed E-state index contributed by atoms with van der Waals surface area (Å²) in [6, 6.07) is 26.0. The number of aryl methyl sites for hydroxylation is 2. The number of aromatic nitrogens is 3. The number of nitrogens with one attached hydrogen (secondary N) is 1. The Kier molecular flexibility index (Phi) is 3.04. The quantitative estimate of drug-likeness (QED) is 0.428. The molecule has 0 amide bonds. The molecule has 0 saturated heterocycles. The van der Waals surface area contributed by atoms with E-state index in [1.165, 1.54) is 32.9 Å². The summed E-state index contributed by atoms with van der Waals surface area (Å²) in [5.41, 5.74) is 8.26. The monoisotopic (exact) mass is 364 g/mol. The van der Waals surface area contributed by atoms with Gasteiger partial charge in [0.25, 0.3) is 0 Å². The summed E-state index contributed by atoms with van der Waals surface area (Å²) >= 11 is 0. The van der Waals surface area contributed by atoms with Crippen molar-refractivity contribution in [3.63, 3.8) is 0 Å². The topological polar surface area (TPSA) is 34.8 Å². The molecule has 0 fully saturated rings. The van der Waals surface area contributed by atoms with Crippen LogP contribution < -0.4 is 5.32 Å². The molecule has 5 aromatic rings. The molecular weight excluding hydrogens is 344 g/mol. The van der Waals surface area contributed by atoms with E-state index in [4.69, 9.17) is 5.10 Å². The van der Waals surface area contributed by atoms with Gasteiger partial charge in [-0.05, 0) is 42.8 Å². The number of fused-ring (bicyclic) bond motifs is 6. The van der Waals surface area contributed by atoms with Crippen LogP contribution in [0.2, 0.25) is 0 Å². The van der Waals surface area contributed by atoms with Crippen molar-refractivity contribution in [2.45, 2.75) is 13.1 Å². The van der Waals surface area contributed by atoms with Gasteiger partial charge in [-0.1, -0.05) is 42.5 Å². The summed E-state index contributed by atoms with van der Waals surface area (Å²) < 4.78 is 4.38. The molecule has 0 saturated carbocycles. The zero-order valence-electron chi connectivity index (χ0n) is 15.8. The van der Waals surface area contributed by atoms with Gasteiger partial charge in [0, 0.05) is 40.1 Å². The molecule has 3 heterocycles. The molecule has 2 aromatic heterocycles. The van der Waals surface area contributed by atoms with Crippen LogP contribution in [0.4, 0.5) is 5.69 Å². The first-order chi connectivity index (χ1) is 13.7. The van der Waals surface area contributed by atoms with Gasteiger partial charge in [-0.15, -0.1) is 0 Å². The van der Waals surface area contributed by atoms with Crippen molar-refractivity contribution in [3.05, 3.63) is 84.1 Å². The normalized spacial score (nSPS) is 15.4. The third-order valence-corrected chi connectivity index (χ3v) is 5.85. The molecule has 0 aliphatic carbocycles. The van der Waals surface area contributed by atoms with Crippen molar-refractivity contribution in [2.24, 2.45) is 7.05 Å². The van der Waals surface area contributed by atoms with Gasteiger partial charge < -0.3 is 9.88 Å². The average molecular weight is 364 g/mol. The van der Waals surface area contributed by atoms with Gasteiger partial charge in [0.05, 0.1) is 11.4 Å². The molecule has 1 aliphatic heterocycles. The fourth-order valence-corrected chi connectivity index (χ4v) is 4.54. The van der Waals surface area contributed by atoms with Crippen LogP contribution in [0.3, 0.4) is 0 Å². The third kappa shape index (κ3) is 2.03. The van der Waals surface area contributed by atoms with Crippen LogP contribution in [0, 0.1) is 6.92 Å². The molecule has 0 spiro atoms. The van der Waals surface area contributed by atoms with E-state index >= 15 is 0 Å². The first kappa shape index (κ1) is 15.5. The second-order valence-electron chi connectivity index (χ2n) is 7.56. The molecule has 4 heteroatoms. The second-order valence-corrected chi connectivity index (χ2v) is 7.56. The molecule has 1 atom stereocenters. The average Bonchev–Trinajstić information content (AvgIpc) is 3.26. The fraction of sp³-hybridized carbons (Fsp3) is 0.125. The zero-order valence-corrected chi connectivity index (χ0v) is 15.8. The van der Waals surface area contributed by atoms with E-state index < -0.39 is 0 Å². The largest absolute Gasteiger partial charge is 0.359 e. The van der Waals surface area contributed by atoms with Crippen molar-refractivity contribution in [1.82, 2.24) is 14.3 Å². The summed E-state index contributed by atoms with van der Waals surface area (Å²) in [6.45, 7) is 2.05. The molecule has 0 bridgehead atoms. The van der Waals surface area contributed by atoms with Crippen molar-refractivity contribution in [3.8, 4) is 11.3 Å². The van der Waals surface area contributed by atoms with E-state index in [-0.39, 0.29) is 6.17 Å². The lowest BCUT2D eigenvalue weighted by molar-refractivity contribution is 0.571. The Hall–Kier alpha value is -3.53. The summed E-state index contributed by atoms with van der Waals surface area (Å²) in [6.07, 6.45) is -0.0260. The highest BCUT2D eigenvalue weighted by molar-refractivity contribution is 6.08. The van der Waals surface area contributed by atoms with E-state index in [1.807, 2.05) is 0 Å². The minimum absolute atomic E-state index is 0.0260. The Bertz CT molecular complexity index is 1370. The molecule has 6 rings (SSSR count).